The van der Waals surface area contributed by atoms with Crippen molar-refractivity contribution in [2.24, 2.45) is 5.73 Å². The highest BCUT2D eigenvalue weighted by molar-refractivity contribution is 7.19. The Morgan fingerprint density at radius 2 is 2.04 bits per heavy atom. The number of aromatic nitrogens is 2. The van der Waals surface area contributed by atoms with Crippen molar-refractivity contribution in [2.45, 2.75) is 25.3 Å². The van der Waals surface area contributed by atoms with E-state index in [1.54, 1.807) is 17.7 Å². The lowest BCUT2D eigenvalue weighted by atomic mass is 10.1. The van der Waals surface area contributed by atoms with Crippen LogP contribution in [-0.4, -0.2) is 15.9 Å². The van der Waals surface area contributed by atoms with Crippen molar-refractivity contribution in [3.05, 3.63) is 52.7 Å². The third-order valence-electron chi connectivity index (χ3n) is 4.20. The molecule has 0 bridgehead atoms. The van der Waals surface area contributed by atoms with Crippen molar-refractivity contribution in [3.63, 3.8) is 0 Å². The fraction of sp³-hybridized carbons (Fsp3) is 0.235. The van der Waals surface area contributed by atoms with Crippen molar-refractivity contribution >= 4 is 33.3 Å². The van der Waals surface area contributed by atoms with Gasteiger partial charge in [0.15, 0.2) is 0 Å². The molecule has 1 atom stereocenters. The van der Waals surface area contributed by atoms with Crippen LogP contribution in [0, 0.1) is 0 Å². The number of anilines is 1. The van der Waals surface area contributed by atoms with Gasteiger partial charge < -0.3 is 11.1 Å². The number of thiophene rings is 1. The molecule has 1 amide bonds. The quantitative estimate of drug-likeness (QED) is 0.773. The Hall–Kier alpha value is -2.47. The first kappa shape index (κ1) is 14.1. The number of fused-ring (bicyclic) bond motifs is 3. The minimum atomic E-state index is -0.605. The molecule has 1 aliphatic rings. The molecule has 3 N–H and O–H groups in total. The topological polar surface area (TPSA) is 80.9 Å². The molecule has 0 aliphatic heterocycles. The smallest absolute Gasteiger partial charge is 0.244 e. The van der Waals surface area contributed by atoms with Crippen LogP contribution in [0.15, 0.2) is 36.7 Å². The summed E-state index contributed by atoms with van der Waals surface area (Å²) in [7, 11) is 0. The Labute approximate surface area is 137 Å². The summed E-state index contributed by atoms with van der Waals surface area (Å²) in [6.45, 7) is 0. The fourth-order valence-corrected chi connectivity index (χ4v) is 4.37. The summed E-state index contributed by atoms with van der Waals surface area (Å²) in [5.41, 5.74) is 7.76. The van der Waals surface area contributed by atoms with Gasteiger partial charge in [0.2, 0.25) is 5.91 Å². The first-order chi connectivity index (χ1) is 11.2. The van der Waals surface area contributed by atoms with E-state index in [1.807, 2.05) is 30.3 Å². The van der Waals surface area contributed by atoms with E-state index in [9.17, 15) is 4.79 Å². The highest BCUT2D eigenvalue weighted by Gasteiger charge is 2.24. The number of nitrogens with zero attached hydrogens (tertiary/aromatic N) is 2. The van der Waals surface area contributed by atoms with Crippen LogP contribution in [0.3, 0.4) is 0 Å². The average Bonchev–Trinajstić information content (AvgIpc) is 3.14. The van der Waals surface area contributed by atoms with E-state index in [2.05, 4.69) is 15.3 Å². The summed E-state index contributed by atoms with van der Waals surface area (Å²) in [6.07, 6.45) is 4.86. The van der Waals surface area contributed by atoms with Crippen LogP contribution in [0.2, 0.25) is 0 Å². The van der Waals surface area contributed by atoms with Gasteiger partial charge in [-0.1, -0.05) is 30.3 Å². The monoisotopic (exact) mass is 324 g/mol. The van der Waals surface area contributed by atoms with E-state index >= 15 is 0 Å². The fourth-order valence-electron chi connectivity index (χ4n) is 3.14. The maximum atomic E-state index is 11.9. The van der Waals surface area contributed by atoms with E-state index in [4.69, 9.17) is 5.73 Å². The van der Waals surface area contributed by atoms with E-state index < -0.39 is 11.9 Å². The number of nitrogens with two attached hydrogens (primary N) is 1. The van der Waals surface area contributed by atoms with Crippen LogP contribution < -0.4 is 11.1 Å². The van der Waals surface area contributed by atoms with Crippen molar-refractivity contribution in [1.82, 2.24) is 9.97 Å². The molecule has 0 unspecified atom stereocenters. The lowest BCUT2D eigenvalue weighted by Gasteiger charge is -2.17. The summed E-state index contributed by atoms with van der Waals surface area (Å²) in [4.78, 5) is 23.1. The average molecular weight is 324 g/mol. The number of carbonyl (C=O) groups is 1. The zero-order valence-corrected chi connectivity index (χ0v) is 13.3. The molecule has 0 saturated heterocycles. The van der Waals surface area contributed by atoms with Gasteiger partial charge in [-0.25, -0.2) is 9.97 Å². The molecule has 0 fully saturated rings. The van der Waals surface area contributed by atoms with E-state index in [-0.39, 0.29) is 0 Å². The van der Waals surface area contributed by atoms with Gasteiger partial charge in [-0.2, -0.15) is 0 Å². The molecule has 5 nitrogen and oxygen atoms in total. The molecule has 0 saturated carbocycles. The minimum Gasteiger partial charge on any atom is -0.368 e. The zero-order valence-electron chi connectivity index (χ0n) is 12.5. The Morgan fingerprint density at radius 3 is 2.83 bits per heavy atom. The van der Waals surface area contributed by atoms with E-state index in [0.29, 0.717) is 5.82 Å². The maximum absolute atomic E-state index is 11.9. The Kier molecular flexibility index (Phi) is 3.46. The van der Waals surface area contributed by atoms with Crippen LogP contribution in [0.5, 0.6) is 0 Å². The van der Waals surface area contributed by atoms with E-state index in [0.717, 1.165) is 28.6 Å². The predicted octanol–water partition coefficient (Wildman–Crippen LogP) is 2.82. The molecule has 0 spiro atoms. The summed E-state index contributed by atoms with van der Waals surface area (Å²) in [5, 5.41) is 4.28. The Morgan fingerprint density at radius 1 is 1.22 bits per heavy atom. The van der Waals surface area contributed by atoms with Crippen molar-refractivity contribution < 1.29 is 4.79 Å². The molecule has 23 heavy (non-hydrogen) atoms. The number of hydrogen-bond donors (Lipinski definition) is 2. The number of hydrogen-bond acceptors (Lipinski definition) is 5. The van der Waals surface area contributed by atoms with Gasteiger partial charge in [-0.15, -0.1) is 11.3 Å². The zero-order chi connectivity index (χ0) is 15.8. The number of aryl methyl sites for hydroxylation is 2. The van der Waals surface area contributed by atoms with Crippen LogP contribution in [-0.2, 0) is 17.6 Å². The van der Waals surface area contributed by atoms with Gasteiger partial charge in [0, 0.05) is 4.88 Å². The minimum absolute atomic E-state index is 0.421. The maximum Gasteiger partial charge on any atom is 0.244 e. The SMILES string of the molecule is NC(=O)[C@H](Nc1ncnc2sc3c(c12)CCC3)c1ccccc1. The third-order valence-corrected chi connectivity index (χ3v) is 5.40. The van der Waals surface area contributed by atoms with Crippen molar-refractivity contribution in [2.75, 3.05) is 5.32 Å². The summed E-state index contributed by atoms with van der Waals surface area (Å²) < 4.78 is 0. The third kappa shape index (κ3) is 2.45. The molecule has 3 aromatic rings. The molecule has 2 aromatic heterocycles. The van der Waals surface area contributed by atoms with Crippen LogP contribution in [0.1, 0.15) is 28.5 Å². The predicted molar refractivity (Wildman–Crippen MR) is 91.4 cm³/mol. The van der Waals surface area contributed by atoms with E-state index in [1.165, 1.54) is 16.9 Å². The molecule has 0 radical (unpaired) electrons. The number of carbonyl (C=O) groups excluding carboxylic acids is 1. The molecular formula is C17H16N4OS. The number of benzene rings is 1. The number of primary amides is 1. The number of nitrogens with one attached hydrogen (secondary N) is 1. The van der Waals surface area contributed by atoms with Gasteiger partial charge in [-0.3, -0.25) is 4.79 Å². The lowest BCUT2D eigenvalue weighted by molar-refractivity contribution is -0.118. The standard InChI is InChI=1S/C17H16N4OS/c18-15(22)14(10-5-2-1-3-6-10)21-16-13-11-7-4-8-12(11)23-17(13)20-9-19-16/h1-3,5-6,9,14H,4,7-8H2,(H2,18,22)(H,19,20,21)/t14-/m1/s1. The number of rotatable bonds is 4. The molecule has 116 valence electrons. The van der Waals surface area contributed by atoms with Crippen LogP contribution in [0.25, 0.3) is 10.2 Å². The Balaban J connectivity index is 1.78. The summed E-state index contributed by atoms with van der Waals surface area (Å²) >= 11 is 1.72. The first-order valence-electron chi connectivity index (χ1n) is 7.60. The Bertz CT molecular complexity index is 875. The van der Waals surface area contributed by atoms with Gasteiger partial charge in [-0.05, 0) is 30.4 Å². The molecule has 1 aliphatic carbocycles. The lowest BCUT2D eigenvalue weighted by Crippen LogP contribution is -2.28. The van der Waals surface area contributed by atoms with Crippen molar-refractivity contribution in [1.29, 1.82) is 0 Å². The van der Waals surface area contributed by atoms with Crippen molar-refractivity contribution in [3.8, 4) is 0 Å². The highest BCUT2D eigenvalue weighted by atomic mass is 32.1. The van der Waals surface area contributed by atoms with Crippen LogP contribution in [0.4, 0.5) is 5.82 Å². The van der Waals surface area contributed by atoms with Gasteiger partial charge in [0.05, 0.1) is 5.39 Å². The van der Waals surface area contributed by atoms with Gasteiger partial charge in [0.25, 0.3) is 0 Å². The molecular weight excluding hydrogens is 308 g/mol. The van der Waals surface area contributed by atoms with Crippen LogP contribution >= 0.6 is 11.3 Å². The second kappa shape index (κ2) is 5.62. The highest BCUT2D eigenvalue weighted by Crippen LogP contribution is 2.39. The first-order valence-corrected chi connectivity index (χ1v) is 8.41. The molecule has 4 rings (SSSR count). The summed E-state index contributed by atoms with van der Waals surface area (Å²) in [6, 6.07) is 8.87. The second-order valence-electron chi connectivity index (χ2n) is 5.65. The largest absolute Gasteiger partial charge is 0.368 e. The molecule has 1 aromatic carbocycles. The summed E-state index contributed by atoms with van der Waals surface area (Å²) in [5.74, 6) is 0.275. The molecule has 6 heteroatoms. The number of amides is 1. The second-order valence-corrected chi connectivity index (χ2v) is 6.73. The van der Waals surface area contributed by atoms with Gasteiger partial charge >= 0.3 is 0 Å². The normalized spacial score (nSPS) is 14.6. The van der Waals surface area contributed by atoms with Gasteiger partial charge in [0.1, 0.15) is 23.0 Å². The molecule has 2 heterocycles.